The topological polar surface area (TPSA) is 145 Å². The second kappa shape index (κ2) is 2.77. The third-order valence-corrected chi connectivity index (χ3v) is 2.81. The number of nitrogens with zero attached hydrogens (tertiary/aromatic N) is 8. The summed E-state index contributed by atoms with van der Waals surface area (Å²) in [5.74, 6) is 0. The predicted octanol–water partition coefficient (Wildman–Crippen LogP) is -0.0265. The molecule has 19 heavy (non-hydrogen) atoms. The van der Waals surface area contributed by atoms with E-state index >= 15 is 0 Å². The van der Waals surface area contributed by atoms with Gasteiger partial charge in [0.05, 0.1) is 10.8 Å². The Kier molecular flexibility index (Phi) is 1.28. The maximum atomic E-state index is 5.44. The van der Waals surface area contributed by atoms with Crippen LogP contribution in [-0.2, 0) is 0 Å². The van der Waals surface area contributed by atoms with Gasteiger partial charge in [0.15, 0.2) is 11.0 Å². The van der Waals surface area contributed by atoms with Crippen molar-refractivity contribution < 1.29 is 8.83 Å². The molecule has 0 fully saturated rings. The zero-order valence-corrected chi connectivity index (χ0v) is 8.89. The van der Waals surface area contributed by atoms with Crippen LogP contribution in [0.1, 0.15) is 0 Å². The molecule has 0 spiro atoms. The molecule has 5 aromatic rings. The number of furan rings is 2. The van der Waals surface area contributed by atoms with Gasteiger partial charge in [-0.2, -0.15) is 10.2 Å². The third-order valence-electron chi connectivity index (χ3n) is 2.81. The smallest absolute Gasteiger partial charge is 0.271 e. The van der Waals surface area contributed by atoms with Gasteiger partial charge in [-0.3, -0.25) is 0 Å². The quantitative estimate of drug-likeness (QED) is 0.400. The van der Waals surface area contributed by atoms with E-state index in [1.165, 1.54) is 0 Å². The Morgan fingerprint density at radius 2 is 1.47 bits per heavy atom. The van der Waals surface area contributed by atoms with Gasteiger partial charge in [-0.15, -0.1) is 15.3 Å². The zero-order valence-electron chi connectivity index (χ0n) is 8.89. The number of hydrogen-bond donors (Lipinski definition) is 1. The summed E-state index contributed by atoms with van der Waals surface area (Å²) >= 11 is 0. The van der Waals surface area contributed by atoms with Crippen molar-refractivity contribution in [2.24, 2.45) is 0 Å². The highest BCUT2D eigenvalue weighted by Crippen LogP contribution is 2.36. The first-order valence-electron chi connectivity index (χ1n) is 5.16. The summed E-state index contributed by atoms with van der Waals surface area (Å²) in [4.78, 5) is 4.20. The minimum Gasteiger partial charge on any atom is -0.416 e. The minimum atomic E-state index is 0.257. The molecule has 0 radical (unpaired) electrons. The van der Waals surface area contributed by atoms with Gasteiger partial charge >= 0.3 is 0 Å². The van der Waals surface area contributed by atoms with Gasteiger partial charge in [0.1, 0.15) is 0 Å². The lowest BCUT2D eigenvalue weighted by Gasteiger charge is -1.83. The Labute approximate surface area is 101 Å². The zero-order chi connectivity index (χ0) is 12.4. The molecule has 0 aromatic carbocycles. The number of aromatic amines is 1. The summed E-state index contributed by atoms with van der Waals surface area (Å²) in [6.07, 6.45) is 0. The third kappa shape index (κ3) is 0.933. The number of fused-ring (bicyclic) bond motifs is 7. The summed E-state index contributed by atoms with van der Waals surface area (Å²) < 4.78 is 10.9. The van der Waals surface area contributed by atoms with Crippen LogP contribution in [0, 0.1) is 0 Å². The molecule has 0 aliphatic rings. The molecule has 0 aliphatic heterocycles. The Bertz CT molecular complexity index is 988. The van der Waals surface area contributed by atoms with Crippen molar-refractivity contribution in [1.29, 1.82) is 0 Å². The van der Waals surface area contributed by atoms with E-state index in [1.54, 1.807) is 0 Å². The molecule has 90 valence electrons. The van der Waals surface area contributed by atoms with Crippen LogP contribution < -0.4 is 0 Å². The van der Waals surface area contributed by atoms with E-state index in [0.717, 1.165) is 0 Å². The maximum absolute atomic E-state index is 5.44. The van der Waals surface area contributed by atoms with Gasteiger partial charge in [-0.05, 0) is 10.4 Å². The molecule has 0 aliphatic carbocycles. The number of aromatic nitrogens is 9. The van der Waals surface area contributed by atoms with Gasteiger partial charge in [-0.1, -0.05) is 10.3 Å². The molecule has 0 saturated heterocycles. The fraction of sp³-hybridized carbons (Fsp3) is 0. The highest BCUT2D eigenvalue weighted by Gasteiger charge is 2.23. The number of H-pyrrole nitrogens is 1. The summed E-state index contributed by atoms with van der Waals surface area (Å²) in [6.45, 7) is 0. The lowest BCUT2D eigenvalue weighted by Crippen LogP contribution is -1.90. The summed E-state index contributed by atoms with van der Waals surface area (Å²) in [5.41, 5.74) is 2.18. The van der Waals surface area contributed by atoms with Gasteiger partial charge in [0, 0.05) is 0 Å². The highest BCUT2D eigenvalue weighted by atomic mass is 16.4. The molecular formula is C8HN9O2. The van der Waals surface area contributed by atoms with E-state index in [0.29, 0.717) is 38.9 Å². The van der Waals surface area contributed by atoms with E-state index in [2.05, 4.69) is 46.2 Å². The standard InChI is InChI=1S/C8HN9O2/c9-5-1(3-7(18-5)12-16-14-10-3)2-4-8(19-6(2)9)13-17-15-11-4/h(H,10,16). The molecular weight excluding hydrogens is 254 g/mol. The van der Waals surface area contributed by atoms with Crippen molar-refractivity contribution in [3.8, 4) is 0 Å². The maximum Gasteiger partial charge on any atom is 0.271 e. The molecule has 11 nitrogen and oxygen atoms in total. The fourth-order valence-electron chi connectivity index (χ4n) is 2.09. The molecule has 0 amide bonds. The predicted molar refractivity (Wildman–Crippen MR) is 57.7 cm³/mol. The molecule has 5 heterocycles. The van der Waals surface area contributed by atoms with E-state index < -0.39 is 0 Å². The van der Waals surface area contributed by atoms with Gasteiger partial charge in [0.2, 0.25) is 11.4 Å². The SMILES string of the molecule is n1nnc2c(n1)oc1nc3oc4n[nH]nnc4c3c12. The minimum absolute atomic E-state index is 0.257. The first-order chi connectivity index (χ1) is 9.42. The van der Waals surface area contributed by atoms with Crippen LogP contribution in [0.4, 0.5) is 0 Å². The molecule has 1 N–H and O–H groups in total. The van der Waals surface area contributed by atoms with Crippen LogP contribution in [0.5, 0.6) is 0 Å². The Morgan fingerprint density at radius 1 is 0.737 bits per heavy atom. The summed E-state index contributed by atoms with van der Waals surface area (Å²) in [6, 6.07) is 0. The van der Waals surface area contributed by atoms with E-state index in [1.807, 2.05) is 0 Å². The molecule has 11 heteroatoms. The molecule has 0 bridgehead atoms. The number of rotatable bonds is 0. The Morgan fingerprint density at radius 3 is 2.37 bits per heavy atom. The van der Waals surface area contributed by atoms with Crippen LogP contribution in [0.15, 0.2) is 8.83 Å². The summed E-state index contributed by atoms with van der Waals surface area (Å²) in [5, 5.41) is 29.6. The largest absolute Gasteiger partial charge is 0.416 e. The first kappa shape index (κ1) is 8.79. The Balaban J connectivity index is 2.16. The number of nitrogens with one attached hydrogen (secondary N) is 1. The van der Waals surface area contributed by atoms with Crippen molar-refractivity contribution in [2.45, 2.75) is 0 Å². The van der Waals surface area contributed by atoms with Crippen LogP contribution in [0.25, 0.3) is 44.7 Å². The molecule has 0 atom stereocenters. The van der Waals surface area contributed by atoms with Crippen LogP contribution in [0.3, 0.4) is 0 Å². The molecule has 5 rings (SSSR count). The van der Waals surface area contributed by atoms with Crippen molar-refractivity contribution in [3.05, 3.63) is 0 Å². The van der Waals surface area contributed by atoms with Crippen molar-refractivity contribution in [2.75, 3.05) is 0 Å². The van der Waals surface area contributed by atoms with Crippen LogP contribution >= 0.6 is 0 Å². The number of hydrogen-bond acceptors (Lipinski definition) is 10. The highest BCUT2D eigenvalue weighted by molar-refractivity contribution is 6.22. The van der Waals surface area contributed by atoms with Crippen LogP contribution in [0.2, 0.25) is 0 Å². The second-order valence-electron chi connectivity index (χ2n) is 3.77. The average Bonchev–Trinajstić information content (AvgIpc) is 3.04. The van der Waals surface area contributed by atoms with Crippen molar-refractivity contribution in [1.82, 2.24) is 46.2 Å². The van der Waals surface area contributed by atoms with E-state index in [-0.39, 0.29) is 5.71 Å². The van der Waals surface area contributed by atoms with E-state index in [9.17, 15) is 0 Å². The van der Waals surface area contributed by atoms with Gasteiger partial charge in [0.25, 0.3) is 11.4 Å². The lowest BCUT2D eigenvalue weighted by molar-refractivity contribution is 0.602. The normalized spacial score (nSPS) is 12.2. The summed E-state index contributed by atoms with van der Waals surface area (Å²) in [7, 11) is 0. The second-order valence-corrected chi connectivity index (χ2v) is 3.77. The van der Waals surface area contributed by atoms with Crippen molar-refractivity contribution in [3.63, 3.8) is 0 Å². The molecule has 0 unspecified atom stereocenters. The fourth-order valence-corrected chi connectivity index (χ4v) is 2.09. The first-order valence-corrected chi connectivity index (χ1v) is 5.16. The molecule has 0 saturated carbocycles. The van der Waals surface area contributed by atoms with E-state index in [4.69, 9.17) is 8.83 Å². The van der Waals surface area contributed by atoms with Gasteiger partial charge in [-0.25, -0.2) is 0 Å². The lowest BCUT2D eigenvalue weighted by atomic mass is 10.2. The van der Waals surface area contributed by atoms with Gasteiger partial charge < -0.3 is 8.83 Å². The molecule has 5 aromatic heterocycles. The van der Waals surface area contributed by atoms with Crippen molar-refractivity contribution >= 4 is 44.7 Å². The Hall–Kier alpha value is -3.24. The average molecular weight is 255 g/mol. The monoisotopic (exact) mass is 255 g/mol. The van der Waals surface area contributed by atoms with Crippen LogP contribution in [-0.4, -0.2) is 46.2 Å².